The molecule has 0 radical (unpaired) electrons. The molecule has 0 bridgehead atoms. The number of hydrogen-bond acceptors (Lipinski definition) is 6. The fraction of sp³-hybridized carbons (Fsp3) is 0.488. The van der Waals surface area contributed by atoms with Crippen molar-refractivity contribution in [2.24, 2.45) is 21.7 Å². The van der Waals surface area contributed by atoms with Crippen LogP contribution in [-0.2, 0) is 6.42 Å². The van der Waals surface area contributed by atoms with Gasteiger partial charge in [-0.25, -0.2) is 15.0 Å². The van der Waals surface area contributed by atoms with Crippen molar-refractivity contribution in [2.45, 2.75) is 117 Å². The summed E-state index contributed by atoms with van der Waals surface area (Å²) in [6, 6.07) is 15.4. The topological polar surface area (TPSA) is 93.1 Å². The minimum absolute atomic E-state index is 0.500. The van der Waals surface area contributed by atoms with Crippen LogP contribution in [0.5, 0.6) is 0 Å². The minimum atomic E-state index is 0.500. The summed E-state index contributed by atoms with van der Waals surface area (Å²) in [4.78, 5) is 19.4. The predicted octanol–water partition coefficient (Wildman–Crippen LogP) is 12.4. The number of allylic oxidation sites excluding steroid dienone is 1. The monoisotopic (exact) mass is 684 g/mol. The maximum atomic E-state index is 4.20. The Morgan fingerprint density at radius 1 is 0.500 bits per heavy atom. The van der Waals surface area contributed by atoms with E-state index in [-0.39, 0.29) is 0 Å². The Hall–Kier alpha value is -4.26. The highest BCUT2D eigenvalue weighted by Gasteiger charge is 2.02. The maximum Gasteiger partial charge on any atom is 0.155 e. The minimum Gasteiger partial charge on any atom is -0.265 e. The predicted molar refractivity (Wildman–Crippen MR) is 218 cm³/mol. The largest absolute Gasteiger partial charge is 0.265 e. The zero-order valence-corrected chi connectivity index (χ0v) is 34.3. The van der Waals surface area contributed by atoms with E-state index >= 15 is 0 Å². The Kier molecular flexibility index (Phi) is 24.6. The van der Waals surface area contributed by atoms with E-state index in [4.69, 9.17) is 0 Å². The summed E-state index contributed by atoms with van der Waals surface area (Å²) in [5.74, 6) is 0. The quantitative estimate of drug-likeness (QED) is 0.175. The van der Waals surface area contributed by atoms with Gasteiger partial charge in [-0.2, -0.15) is 5.10 Å². The zero-order chi connectivity index (χ0) is 38.7. The molecule has 7 heteroatoms. The first kappa shape index (κ1) is 47.9. The molecule has 0 saturated heterocycles. The highest BCUT2D eigenvalue weighted by Crippen LogP contribution is 2.15. The molecule has 0 fully saturated rings. The van der Waals surface area contributed by atoms with E-state index in [1.807, 2.05) is 42.6 Å². The summed E-state index contributed by atoms with van der Waals surface area (Å²) < 4.78 is 0. The third-order valence-electron chi connectivity index (χ3n) is 3.79. The molecule has 50 heavy (non-hydrogen) atoms. The van der Waals surface area contributed by atoms with Gasteiger partial charge in [0.2, 0.25) is 0 Å². The highest BCUT2D eigenvalue weighted by atomic mass is 15.1. The molecule has 0 amide bonds. The molecular formula is C43H69N7. The molecule has 0 aromatic carbocycles. The third kappa shape index (κ3) is 45.9. The van der Waals surface area contributed by atoms with Crippen LogP contribution in [-0.4, -0.2) is 35.1 Å². The summed E-state index contributed by atoms with van der Waals surface area (Å²) in [5, 5.41) is 7.63. The molecule has 0 saturated carbocycles. The normalized spacial score (nSPS) is 11.0. The van der Waals surface area contributed by atoms with E-state index < -0.39 is 0 Å². The molecule has 1 aliphatic rings. The SMILES string of the molecule is C1=Cc2cccnc2C1.CC(C)(C)C.CC(C)(C)C.CC(C)(C)C.CC(C)(C)C.c1ccncc1.c1cnc2[nH]ncc2c1.c1cncnc1. The number of aromatic amines is 1. The van der Waals surface area contributed by atoms with Crippen molar-refractivity contribution in [1.29, 1.82) is 0 Å². The molecule has 5 aromatic rings. The Morgan fingerprint density at radius 2 is 0.960 bits per heavy atom. The lowest BCUT2D eigenvalue weighted by Gasteiger charge is -2.05. The van der Waals surface area contributed by atoms with Gasteiger partial charge in [-0.15, -0.1) is 0 Å². The van der Waals surface area contributed by atoms with Gasteiger partial charge in [0, 0.05) is 49.0 Å². The summed E-state index contributed by atoms with van der Waals surface area (Å²) in [5.41, 5.74) is 5.33. The highest BCUT2D eigenvalue weighted by molar-refractivity contribution is 5.72. The first-order valence-corrected chi connectivity index (χ1v) is 17.3. The average molecular weight is 684 g/mol. The van der Waals surface area contributed by atoms with E-state index in [2.05, 4.69) is 164 Å². The average Bonchev–Trinajstić information content (AvgIpc) is 3.67. The van der Waals surface area contributed by atoms with Gasteiger partial charge in [-0.05, 0) is 63.6 Å². The van der Waals surface area contributed by atoms with Gasteiger partial charge < -0.3 is 0 Å². The standard InChI is InChI=1S/C8H7N.C6H5N3.C5H5N.4C5H12.C4H4N2/c1-3-7-4-2-6-9-8(7)5-1;1-2-5-4-8-9-6(5)7-3-1;1-2-4-6-5-3-1;4*1-5(2,3)4;1-2-5-4-6-3-1/h1-4,6H,5H2;1-4H,(H,7,8,9);1-5H;4*1-4H3;1-4H. The lowest BCUT2D eigenvalue weighted by molar-refractivity contribution is 0.469. The number of aromatic nitrogens is 7. The molecule has 1 aliphatic carbocycles. The molecular weight excluding hydrogens is 615 g/mol. The van der Waals surface area contributed by atoms with E-state index in [1.165, 1.54) is 17.6 Å². The molecule has 5 heterocycles. The van der Waals surface area contributed by atoms with Crippen LogP contribution in [0.3, 0.4) is 0 Å². The lowest BCUT2D eigenvalue weighted by Crippen LogP contribution is -1.93. The van der Waals surface area contributed by atoms with Crippen molar-refractivity contribution in [3.8, 4) is 0 Å². The first-order chi connectivity index (χ1) is 22.9. The van der Waals surface area contributed by atoms with Crippen LogP contribution in [0.1, 0.15) is 122 Å². The number of nitrogens with one attached hydrogen (secondary N) is 1. The van der Waals surface area contributed by atoms with Crippen molar-refractivity contribution >= 4 is 17.1 Å². The van der Waals surface area contributed by atoms with Crippen molar-refractivity contribution in [3.63, 3.8) is 0 Å². The van der Waals surface area contributed by atoms with Crippen molar-refractivity contribution in [2.75, 3.05) is 0 Å². The third-order valence-corrected chi connectivity index (χ3v) is 3.79. The van der Waals surface area contributed by atoms with Crippen LogP contribution in [0.15, 0.2) is 104 Å². The van der Waals surface area contributed by atoms with Crippen LogP contribution in [0.4, 0.5) is 0 Å². The molecule has 0 spiro atoms. The molecule has 5 aromatic heterocycles. The molecule has 0 aliphatic heterocycles. The van der Waals surface area contributed by atoms with Crippen molar-refractivity contribution < 1.29 is 0 Å². The fourth-order valence-electron chi connectivity index (χ4n) is 2.41. The number of fused-ring (bicyclic) bond motifs is 2. The fourth-order valence-corrected chi connectivity index (χ4v) is 2.41. The summed E-state index contributed by atoms with van der Waals surface area (Å²) in [7, 11) is 0. The van der Waals surface area contributed by atoms with E-state index in [0.717, 1.165) is 17.5 Å². The van der Waals surface area contributed by atoms with Gasteiger partial charge in [0.25, 0.3) is 0 Å². The Labute approximate surface area is 306 Å². The van der Waals surface area contributed by atoms with E-state index in [0.29, 0.717) is 21.7 Å². The molecule has 276 valence electrons. The Morgan fingerprint density at radius 3 is 1.32 bits per heavy atom. The van der Waals surface area contributed by atoms with Crippen molar-refractivity contribution in [1.82, 2.24) is 35.1 Å². The second kappa shape index (κ2) is 25.7. The molecule has 1 N–H and O–H groups in total. The van der Waals surface area contributed by atoms with E-state index in [1.54, 1.807) is 43.2 Å². The van der Waals surface area contributed by atoms with Gasteiger partial charge in [0.05, 0.1) is 11.9 Å². The number of pyridine rings is 3. The number of H-pyrrole nitrogens is 1. The van der Waals surface area contributed by atoms with Crippen molar-refractivity contribution in [3.05, 3.63) is 116 Å². The second-order valence-corrected chi connectivity index (χ2v) is 17.9. The lowest BCUT2D eigenvalue weighted by atomic mass is 10.0. The van der Waals surface area contributed by atoms with Crippen LogP contribution >= 0.6 is 0 Å². The van der Waals surface area contributed by atoms with Gasteiger partial charge in [-0.3, -0.25) is 15.1 Å². The first-order valence-electron chi connectivity index (χ1n) is 17.3. The number of nitrogens with zero attached hydrogens (tertiary/aromatic N) is 6. The van der Waals surface area contributed by atoms with Gasteiger partial charge in [0.15, 0.2) is 5.65 Å². The maximum absolute atomic E-state index is 4.20. The second-order valence-electron chi connectivity index (χ2n) is 17.9. The molecule has 0 atom stereocenters. The van der Waals surface area contributed by atoms with Crippen LogP contribution in [0, 0.1) is 21.7 Å². The summed E-state index contributed by atoms with van der Waals surface area (Å²) in [6.07, 6.45) is 19.0. The number of rotatable bonds is 0. The van der Waals surface area contributed by atoms with Crippen LogP contribution < -0.4 is 0 Å². The van der Waals surface area contributed by atoms with E-state index in [9.17, 15) is 0 Å². The van der Waals surface area contributed by atoms with Crippen LogP contribution in [0.2, 0.25) is 0 Å². The smallest absolute Gasteiger partial charge is 0.155 e. The Balaban J connectivity index is 0. The van der Waals surface area contributed by atoms with Gasteiger partial charge in [0.1, 0.15) is 6.33 Å². The molecule has 6 rings (SSSR count). The zero-order valence-electron chi connectivity index (χ0n) is 34.3. The number of hydrogen-bond donors (Lipinski definition) is 1. The Bertz CT molecular complexity index is 1300. The van der Waals surface area contributed by atoms with Gasteiger partial charge in [-0.1, -0.05) is 135 Å². The molecule has 0 unspecified atom stereocenters. The summed E-state index contributed by atoms with van der Waals surface area (Å²) in [6.45, 7) is 35.0. The molecule has 7 nitrogen and oxygen atoms in total. The van der Waals surface area contributed by atoms with Crippen LogP contribution in [0.25, 0.3) is 17.1 Å². The summed E-state index contributed by atoms with van der Waals surface area (Å²) >= 11 is 0. The van der Waals surface area contributed by atoms with Gasteiger partial charge >= 0.3 is 0 Å².